The lowest BCUT2D eigenvalue weighted by Gasteiger charge is -2.41. The number of hydrogen-bond donors (Lipinski definition) is 6. The van der Waals surface area contributed by atoms with Crippen LogP contribution in [0.5, 0.6) is 0 Å². The summed E-state index contributed by atoms with van der Waals surface area (Å²) in [6, 6.07) is -0.937. The van der Waals surface area contributed by atoms with E-state index in [4.69, 9.17) is 9.47 Å². The zero-order valence-electron chi connectivity index (χ0n) is 38.0. The van der Waals surface area contributed by atoms with E-state index in [0.29, 0.717) is 6.42 Å². The summed E-state index contributed by atoms with van der Waals surface area (Å²) in [5.41, 5.74) is 0. The van der Waals surface area contributed by atoms with E-state index >= 15 is 0 Å². The van der Waals surface area contributed by atoms with Crippen molar-refractivity contribution in [3.8, 4) is 0 Å². The van der Waals surface area contributed by atoms with E-state index in [0.717, 1.165) is 38.5 Å². The summed E-state index contributed by atoms with van der Waals surface area (Å²) in [7, 11) is -5.08. The van der Waals surface area contributed by atoms with E-state index < -0.39 is 59.9 Å². The molecule has 12 nitrogen and oxygen atoms in total. The maximum Gasteiger partial charge on any atom is 0.397 e. The Morgan fingerprint density at radius 2 is 1.05 bits per heavy atom. The maximum atomic E-state index is 13.0. The van der Waals surface area contributed by atoms with Crippen molar-refractivity contribution in [2.75, 3.05) is 13.2 Å². The lowest BCUT2D eigenvalue weighted by Crippen LogP contribution is -2.61. The molecule has 13 heteroatoms. The zero-order chi connectivity index (χ0) is 44.1. The van der Waals surface area contributed by atoms with Gasteiger partial charge in [-0.2, -0.15) is 8.42 Å². The van der Waals surface area contributed by atoms with Gasteiger partial charge in [-0.05, 0) is 19.3 Å². The number of carbonyl (C=O) groups is 1. The van der Waals surface area contributed by atoms with Gasteiger partial charge in [-0.3, -0.25) is 9.35 Å². The summed E-state index contributed by atoms with van der Waals surface area (Å²) >= 11 is 0. The molecule has 1 saturated heterocycles. The fraction of sp³-hybridized carbons (Fsp3) is 0.936. The van der Waals surface area contributed by atoms with E-state index in [1.807, 2.05) is 6.08 Å². The smallest absolute Gasteiger partial charge is 0.394 e. The van der Waals surface area contributed by atoms with E-state index in [9.17, 15) is 38.2 Å². The molecule has 0 aromatic heterocycles. The highest BCUT2D eigenvalue weighted by Crippen LogP contribution is 2.26. The van der Waals surface area contributed by atoms with E-state index in [1.54, 1.807) is 6.08 Å². The Balaban J connectivity index is 2.36. The Kier molecular flexibility index (Phi) is 36.3. The number of nitrogens with one attached hydrogen (secondary N) is 1. The molecule has 1 amide bonds. The molecule has 7 unspecified atom stereocenters. The highest BCUT2D eigenvalue weighted by molar-refractivity contribution is 7.80. The van der Waals surface area contributed by atoms with Gasteiger partial charge in [0.2, 0.25) is 5.91 Å². The number of unbranched alkanes of at least 4 members (excludes halogenated alkanes) is 30. The molecule has 1 aliphatic rings. The summed E-state index contributed by atoms with van der Waals surface area (Å²) in [5.74, 6) is -0.260. The molecule has 0 spiro atoms. The van der Waals surface area contributed by atoms with Crippen molar-refractivity contribution in [1.29, 1.82) is 0 Å². The van der Waals surface area contributed by atoms with Gasteiger partial charge in [0, 0.05) is 6.42 Å². The molecule has 60 heavy (non-hydrogen) atoms. The van der Waals surface area contributed by atoms with Crippen molar-refractivity contribution in [1.82, 2.24) is 5.32 Å². The molecule has 7 atom stereocenters. The number of amides is 1. The third kappa shape index (κ3) is 30.8. The molecular weight excluding hydrogens is 787 g/mol. The second-order valence-electron chi connectivity index (χ2n) is 17.4. The molecule has 0 aromatic carbocycles. The van der Waals surface area contributed by atoms with Crippen molar-refractivity contribution in [2.45, 2.75) is 269 Å². The minimum Gasteiger partial charge on any atom is -0.394 e. The largest absolute Gasteiger partial charge is 0.397 e. The zero-order valence-corrected chi connectivity index (χ0v) is 38.9. The summed E-state index contributed by atoms with van der Waals surface area (Å²) in [6.45, 7) is 3.38. The normalized spacial score (nSPS) is 20.8. The Morgan fingerprint density at radius 1 is 0.650 bits per heavy atom. The first-order chi connectivity index (χ1) is 29.0. The van der Waals surface area contributed by atoms with Crippen LogP contribution >= 0.6 is 0 Å². The minimum absolute atomic E-state index is 0.260. The molecule has 0 aliphatic carbocycles. The van der Waals surface area contributed by atoms with Crippen LogP contribution in [0, 0.1) is 0 Å². The highest BCUT2D eigenvalue weighted by atomic mass is 32.3. The van der Waals surface area contributed by atoms with Gasteiger partial charge in [0.25, 0.3) is 0 Å². The number of allylic oxidation sites excluding steroid dienone is 1. The average molecular weight is 878 g/mol. The molecule has 0 saturated carbocycles. The van der Waals surface area contributed by atoms with E-state index in [1.165, 1.54) is 161 Å². The second kappa shape index (κ2) is 38.3. The number of hydrogen-bond acceptors (Lipinski definition) is 10. The highest BCUT2D eigenvalue weighted by Gasteiger charge is 2.48. The minimum atomic E-state index is -5.08. The topological polar surface area (TPSA) is 192 Å². The first kappa shape index (κ1) is 56.9. The van der Waals surface area contributed by atoms with Crippen LogP contribution in [0.25, 0.3) is 0 Å². The molecule has 6 N–H and O–H groups in total. The number of ether oxygens (including phenoxy) is 2. The Labute approximate surface area is 366 Å². The van der Waals surface area contributed by atoms with Crippen molar-refractivity contribution in [2.24, 2.45) is 0 Å². The summed E-state index contributed by atoms with van der Waals surface area (Å²) in [4.78, 5) is 13.0. The van der Waals surface area contributed by atoms with Gasteiger partial charge in [0.1, 0.15) is 24.4 Å². The molecular formula is C47H91NO11S. The van der Waals surface area contributed by atoms with Crippen molar-refractivity contribution in [3.05, 3.63) is 12.2 Å². The van der Waals surface area contributed by atoms with Crippen LogP contribution in [0.15, 0.2) is 12.2 Å². The van der Waals surface area contributed by atoms with Crippen LogP contribution in [-0.4, -0.2) is 95.4 Å². The molecule has 0 radical (unpaired) electrons. The van der Waals surface area contributed by atoms with E-state index in [-0.39, 0.29) is 18.9 Å². The predicted octanol–water partition coefficient (Wildman–Crippen LogP) is 9.94. The summed E-state index contributed by atoms with van der Waals surface area (Å²) < 4.78 is 47.5. The molecule has 356 valence electrons. The van der Waals surface area contributed by atoms with Crippen LogP contribution in [0.2, 0.25) is 0 Å². The molecule has 0 aromatic rings. The Hall–Kier alpha value is -1.16. The summed E-state index contributed by atoms with van der Waals surface area (Å²) in [5, 5.41) is 44.6. The van der Waals surface area contributed by atoms with Gasteiger partial charge in [-0.1, -0.05) is 212 Å². The third-order valence-corrected chi connectivity index (χ3v) is 12.3. The van der Waals surface area contributed by atoms with Gasteiger partial charge >= 0.3 is 10.4 Å². The standard InChI is InChI=1S/C47H91NO11S/c1-3-5-7-9-11-13-15-16-17-18-19-20-21-22-23-24-25-26-27-29-31-33-35-37-43(51)48-40(41(50)36-34-32-30-28-14-12-10-8-6-4-2)39-57-47-45(53)46(59-60(54,55)56)44(52)42(38-49)58-47/h34,36,40-42,44-47,49-50,52-53H,3-33,35,37-39H2,1-2H3,(H,48,51)(H,54,55,56)/b36-34+. The number of aliphatic hydroxyl groups is 4. The van der Waals surface area contributed by atoms with Crippen LogP contribution < -0.4 is 5.32 Å². The number of rotatable bonds is 42. The SMILES string of the molecule is CCCCCCCCCC/C=C/C(O)C(COC1OC(CO)C(O)C(OS(=O)(=O)O)C1O)NC(=O)CCCCCCCCCCCCCCCCCCCCCCCCC. The fourth-order valence-electron chi connectivity index (χ4n) is 7.98. The van der Waals surface area contributed by atoms with Gasteiger partial charge in [-0.15, -0.1) is 0 Å². The van der Waals surface area contributed by atoms with Crippen molar-refractivity contribution < 1.29 is 51.8 Å². The van der Waals surface area contributed by atoms with E-state index in [2.05, 4.69) is 23.3 Å². The molecule has 1 fully saturated rings. The predicted molar refractivity (Wildman–Crippen MR) is 241 cm³/mol. The first-order valence-electron chi connectivity index (χ1n) is 24.6. The quantitative estimate of drug-likeness (QED) is 0.0194. The Morgan fingerprint density at radius 3 is 1.45 bits per heavy atom. The molecule has 1 heterocycles. The van der Waals surface area contributed by atoms with Crippen molar-refractivity contribution >= 4 is 16.3 Å². The summed E-state index contributed by atoms with van der Waals surface area (Å²) in [6.07, 6.45) is 34.1. The first-order valence-corrected chi connectivity index (χ1v) is 25.9. The molecule has 1 aliphatic heterocycles. The number of aliphatic hydroxyl groups excluding tert-OH is 4. The van der Waals surface area contributed by atoms with Crippen LogP contribution in [0.4, 0.5) is 0 Å². The lowest BCUT2D eigenvalue weighted by molar-refractivity contribution is -0.298. The van der Waals surface area contributed by atoms with Crippen LogP contribution in [-0.2, 0) is 28.9 Å². The van der Waals surface area contributed by atoms with Gasteiger partial charge in [0.15, 0.2) is 6.29 Å². The van der Waals surface area contributed by atoms with Gasteiger partial charge in [0.05, 0.1) is 25.4 Å². The van der Waals surface area contributed by atoms with Crippen molar-refractivity contribution in [3.63, 3.8) is 0 Å². The van der Waals surface area contributed by atoms with Gasteiger partial charge < -0.3 is 35.2 Å². The second-order valence-corrected chi connectivity index (χ2v) is 18.5. The van der Waals surface area contributed by atoms with Gasteiger partial charge in [-0.25, -0.2) is 4.18 Å². The Bertz CT molecular complexity index is 1130. The fourth-order valence-corrected chi connectivity index (χ4v) is 8.49. The van der Waals surface area contributed by atoms with Crippen LogP contribution in [0.3, 0.4) is 0 Å². The number of carbonyl (C=O) groups excluding carboxylic acids is 1. The maximum absolute atomic E-state index is 13.0. The van der Waals surface area contributed by atoms with Crippen LogP contribution in [0.1, 0.15) is 226 Å². The monoisotopic (exact) mass is 878 g/mol. The average Bonchev–Trinajstić information content (AvgIpc) is 3.22. The molecule has 0 bridgehead atoms. The lowest BCUT2D eigenvalue weighted by atomic mass is 9.99. The molecule has 1 rings (SSSR count). The third-order valence-electron chi connectivity index (χ3n) is 11.8.